The lowest BCUT2D eigenvalue weighted by atomic mass is 10.2. The summed E-state index contributed by atoms with van der Waals surface area (Å²) in [7, 11) is 0. The van der Waals surface area contributed by atoms with Gasteiger partial charge in [-0.05, 0) is 52.3 Å². The fourth-order valence-electron chi connectivity index (χ4n) is 1.32. The molecule has 0 aliphatic rings. The van der Waals surface area contributed by atoms with Crippen molar-refractivity contribution >= 4 is 11.6 Å². The molecule has 0 aromatic heterocycles. The Kier molecular flexibility index (Phi) is 4.84. The van der Waals surface area contributed by atoms with Gasteiger partial charge in [0.25, 0.3) is 0 Å². The van der Waals surface area contributed by atoms with Gasteiger partial charge in [0.15, 0.2) is 0 Å². The van der Waals surface area contributed by atoms with Crippen LogP contribution in [0.1, 0.15) is 33.3 Å². The maximum Gasteiger partial charge on any atom is 0.138 e. The van der Waals surface area contributed by atoms with Crippen molar-refractivity contribution in [3.8, 4) is 5.75 Å². The van der Waals surface area contributed by atoms with E-state index in [1.165, 1.54) is 0 Å². The van der Waals surface area contributed by atoms with Gasteiger partial charge in [0.1, 0.15) is 11.9 Å². The van der Waals surface area contributed by atoms with Gasteiger partial charge >= 0.3 is 0 Å². The van der Waals surface area contributed by atoms with Gasteiger partial charge in [0.05, 0.1) is 17.2 Å². The molecule has 3 heteroatoms. The molecule has 0 aliphatic carbocycles. The number of benzene rings is 1. The summed E-state index contributed by atoms with van der Waals surface area (Å²) < 4.78 is 11.4. The van der Waals surface area contributed by atoms with Crippen molar-refractivity contribution in [2.24, 2.45) is 0 Å². The Bertz CT molecular complexity index is 369. The third-order valence-corrected chi connectivity index (χ3v) is 2.46. The predicted molar refractivity (Wildman–Crippen MR) is 72.0 cm³/mol. The minimum Gasteiger partial charge on any atom is -0.487 e. The first-order chi connectivity index (χ1) is 7.78. The standard InChI is InChI=1S/C14H21ClO2/c1-10-6-7-13(12(15)8-10)17-11(2)9-16-14(3,4)5/h6-8,11H,9H2,1-5H3. The lowest BCUT2D eigenvalue weighted by Crippen LogP contribution is -2.27. The van der Waals surface area contributed by atoms with E-state index in [2.05, 4.69) is 0 Å². The van der Waals surface area contributed by atoms with Crippen LogP contribution in [0.4, 0.5) is 0 Å². The molecule has 0 aliphatic heterocycles. The van der Waals surface area contributed by atoms with Gasteiger partial charge in [-0.2, -0.15) is 0 Å². The Morgan fingerprint density at radius 1 is 1.29 bits per heavy atom. The second kappa shape index (κ2) is 5.74. The van der Waals surface area contributed by atoms with E-state index in [0.29, 0.717) is 17.4 Å². The highest BCUT2D eigenvalue weighted by Gasteiger charge is 2.14. The molecule has 0 fully saturated rings. The predicted octanol–water partition coefficient (Wildman–Crippen LogP) is 4.23. The zero-order chi connectivity index (χ0) is 13.1. The summed E-state index contributed by atoms with van der Waals surface area (Å²) >= 11 is 6.10. The van der Waals surface area contributed by atoms with E-state index in [4.69, 9.17) is 21.1 Å². The highest BCUT2D eigenvalue weighted by atomic mass is 35.5. The topological polar surface area (TPSA) is 18.5 Å². The normalized spacial score (nSPS) is 13.5. The molecule has 1 aromatic rings. The van der Waals surface area contributed by atoms with Crippen molar-refractivity contribution in [1.29, 1.82) is 0 Å². The van der Waals surface area contributed by atoms with E-state index < -0.39 is 0 Å². The Hall–Kier alpha value is -0.730. The largest absolute Gasteiger partial charge is 0.487 e. The first kappa shape index (κ1) is 14.3. The molecule has 1 unspecified atom stereocenters. The number of halogens is 1. The summed E-state index contributed by atoms with van der Waals surface area (Å²) in [4.78, 5) is 0. The van der Waals surface area contributed by atoms with Crippen LogP contribution in [0.2, 0.25) is 5.02 Å². The zero-order valence-corrected chi connectivity index (χ0v) is 12.0. The summed E-state index contributed by atoms with van der Waals surface area (Å²) in [5, 5.41) is 0.646. The lowest BCUT2D eigenvalue weighted by molar-refractivity contribution is -0.0374. The Labute approximate surface area is 109 Å². The summed E-state index contributed by atoms with van der Waals surface area (Å²) in [5.74, 6) is 0.710. The third kappa shape index (κ3) is 5.42. The average molecular weight is 257 g/mol. The van der Waals surface area contributed by atoms with Gasteiger partial charge in [0.2, 0.25) is 0 Å². The molecule has 2 nitrogen and oxygen atoms in total. The van der Waals surface area contributed by atoms with Crippen LogP contribution < -0.4 is 4.74 Å². The maximum absolute atomic E-state index is 6.10. The van der Waals surface area contributed by atoms with Crippen LogP contribution >= 0.6 is 11.6 Å². The molecule has 0 heterocycles. The van der Waals surface area contributed by atoms with Crippen molar-refractivity contribution in [1.82, 2.24) is 0 Å². The first-order valence-electron chi connectivity index (χ1n) is 5.85. The van der Waals surface area contributed by atoms with Gasteiger partial charge in [-0.15, -0.1) is 0 Å². The van der Waals surface area contributed by atoms with Crippen molar-refractivity contribution in [3.05, 3.63) is 28.8 Å². The smallest absolute Gasteiger partial charge is 0.138 e. The highest BCUT2D eigenvalue weighted by Crippen LogP contribution is 2.26. The lowest BCUT2D eigenvalue weighted by Gasteiger charge is -2.23. The first-order valence-corrected chi connectivity index (χ1v) is 6.22. The Balaban J connectivity index is 2.53. The molecule has 0 spiro atoms. The summed E-state index contributed by atoms with van der Waals surface area (Å²) in [6.07, 6.45) is -0.0190. The zero-order valence-electron chi connectivity index (χ0n) is 11.2. The molecule has 96 valence electrons. The van der Waals surface area contributed by atoms with E-state index in [-0.39, 0.29) is 11.7 Å². The minimum atomic E-state index is -0.144. The minimum absolute atomic E-state index is 0.0190. The molecule has 1 atom stereocenters. The quantitative estimate of drug-likeness (QED) is 0.803. The molecule has 0 radical (unpaired) electrons. The van der Waals surface area contributed by atoms with Crippen LogP contribution in [0.5, 0.6) is 5.75 Å². The molecule has 0 bridgehead atoms. The second-order valence-electron chi connectivity index (χ2n) is 5.29. The fourth-order valence-corrected chi connectivity index (χ4v) is 1.60. The number of hydrogen-bond acceptors (Lipinski definition) is 2. The third-order valence-electron chi connectivity index (χ3n) is 2.17. The average Bonchev–Trinajstić information content (AvgIpc) is 2.18. The highest BCUT2D eigenvalue weighted by molar-refractivity contribution is 6.32. The molecule has 0 saturated heterocycles. The van der Waals surface area contributed by atoms with Crippen LogP contribution in [-0.2, 0) is 4.74 Å². The van der Waals surface area contributed by atoms with E-state index >= 15 is 0 Å². The van der Waals surface area contributed by atoms with Crippen molar-refractivity contribution < 1.29 is 9.47 Å². The van der Waals surface area contributed by atoms with Gasteiger partial charge in [0, 0.05) is 0 Å². The number of hydrogen-bond donors (Lipinski definition) is 0. The molecule has 17 heavy (non-hydrogen) atoms. The van der Waals surface area contributed by atoms with Crippen LogP contribution in [0.25, 0.3) is 0 Å². The maximum atomic E-state index is 6.10. The van der Waals surface area contributed by atoms with E-state index in [0.717, 1.165) is 5.56 Å². The molecule has 0 N–H and O–H groups in total. The molecule has 1 aromatic carbocycles. The molecule has 1 rings (SSSR count). The van der Waals surface area contributed by atoms with Crippen LogP contribution in [0, 0.1) is 6.92 Å². The molecular weight excluding hydrogens is 236 g/mol. The summed E-state index contributed by atoms with van der Waals surface area (Å²) in [6, 6.07) is 5.78. The van der Waals surface area contributed by atoms with E-state index in [1.807, 2.05) is 52.8 Å². The van der Waals surface area contributed by atoms with Gasteiger partial charge < -0.3 is 9.47 Å². The van der Waals surface area contributed by atoms with Crippen molar-refractivity contribution in [2.75, 3.05) is 6.61 Å². The number of rotatable bonds is 4. The molecule has 0 saturated carbocycles. The second-order valence-corrected chi connectivity index (χ2v) is 5.69. The van der Waals surface area contributed by atoms with E-state index in [9.17, 15) is 0 Å². The van der Waals surface area contributed by atoms with Gasteiger partial charge in [-0.1, -0.05) is 17.7 Å². The van der Waals surface area contributed by atoms with Crippen molar-refractivity contribution in [3.63, 3.8) is 0 Å². The monoisotopic (exact) mass is 256 g/mol. The fraction of sp³-hybridized carbons (Fsp3) is 0.571. The summed E-state index contributed by atoms with van der Waals surface area (Å²) in [6.45, 7) is 10.6. The molecule has 0 amide bonds. The SMILES string of the molecule is Cc1ccc(OC(C)COC(C)(C)C)c(Cl)c1. The number of ether oxygens (including phenoxy) is 2. The van der Waals surface area contributed by atoms with Gasteiger partial charge in [-0.25, -0.2) is 0 Å². The van der Waals surface area contributed by atoms with E-state index in [1.54, 1.807) is 0 Å². The van der Waals surface area contributed by atoms with Crippen LogP contribution in [0.15, 0.2) is 18.2 Å². The van der Waals surface area contributed by atoms with Gasteiger partial charge in [-0.3, -0.25) is 0 Å². The Morgan fingerprint density at radius 3 is 2.47 bits per heavy atom. The van der Waals surface area contributed by atoms with Crippen LogP contribution in [-0.4, -0.2) is 18.3 Å². The molecular formula is C14H21ClO2. The van der Waals surface area contributed by atoms with Crippen LogP contribution in [0.3, 0.4) is 0 Å². The Morgan fingerprint density at radius 2 is 1.94 bits per heavy atom. The summed E-state index contributed by atoms with van der Waals surface area (Å²) in [5.41, 5.74) is 0.982. The van der Waals surface area contributed by atoms with Crippen molar-refractivity contribution in [2.45, 2.75) is 46.3 Å². The number of aryl methyl sites for hydroxylation is 1.